The quantitative estimate of drug-likeness (QED) is 0.749. The summed E-state index contributed by atoms with van der Waals surface area (Å²) in [7, 11) is 3.26. The standard InChI is InChI=1S/C22H25NO4/c1-14-10-18(14)19-6-4-17(27-19)5-7-22(24)23-9-8-15-11-20(25-2)21(26-3)12-16(15)13-23/h4-7,11-12,14,18H,8-10,13H2,1-3H3/b7-5+. The van der Waals surface area contributed by atoms with Crippen LogP contribution in [0.4, 0.5) is 0 Å². The molecule has 27 heavy (non-hydrogen) atoms. The van der Waals surface area contributed by atoms with Crippen LogP contribution in [0, 0.1) is 5.92 Å². The van der Waals surface area contributed by atoms with Crippen LogP contribution >= 0.6 is 0 Å². The van der Waals surface area contributed by atoms with Gasteiger partial charge in [-0.1, -0.05) is 6.92 Å². The average molecular weight is 367 g/mol. The highest BCUT2D eigenvalue weighted by atomic mass is 16.5. The summed E-state index contributed by atoms with van der Waals surface area (Å²) in [6.07, 6.45) is 5.37. The first kappa shape index (κ1) is 17.7. The third kappa shape index (κ3) is 3.59. The number of ether oxygens (including phenoxy) is 2. The Morgan fingerprint density at radius 3 is 2.56 bits per heavy atom. The molecule has 1 aliphatic heterocycles. The van der Waals surface area contributed by atoms with Crippen molar-refractivity contribution in [1.29, 1.82) is 0 Å². The van der Waals surface area contributed by atoms with Gasteiger partial charge in [-0.25, -0.2) is 0 Å². The minimum Gasteiger partial charge on any atom is -0.493 e. The Labute approximate surface area is 159 Å². The van der Waals surface area contributed by atoms with Crippen molar-refractivity contribution in [2.45, 2.75) is 32.2 Å². The zero-order valence-corrected chi connectivity index (χ0v) is 16.0. The van der Waals surface area contributed by atoms with Crippen molar-refractivity contribution in [3.05, 3.63) is 53.0 Å². The Balaban J connectivity index is 1.43. The Morgan fingerprint density at radius 1 is 1.19 bits per heavy atom. The number of carbonyl (C=O) groups excluding carboxylic acids is 1. The lowest BCUT2D eigenvalue weighted by Gasteiger charge is -2.28. The topological polar surface area (TPSA) is 51.9 Å². The molecule has 142 valence electrons. The number of furan rings is 1. The maximum atomic E-state index is 12.6. The van der Waals surface area contributed by atoms with Gasteiger partial charge >= 0.3 is 0 Å². The second-order valence-corrected chi connectivity index (χ2v) is 7.38. The molecule has 2 aliphatic rings. The summed E-state index contributed by atoms with van der Waals surface area (Å²) in [5.74, 6) is 4.44. The fourth-order valence-corrected chi connectivity index (χ4v) is 3.71. The van der Waals surface area contributed by atoms with E-state index >= 15 is 0 Å². The highest BCUT2D eigenvalue weighted by Crippen LogP contribution is 2.47. The Bertz CT molecular complexity index is 882. The molecule has 0 N–H and O–H groups in total. The number of fused-ring (bicyclic) bond motifs is 1. The highest BCUT2D eigenvalue weighted by Gasteiger charge is 2.36. The predicted octanol–water partition coefficient (Wildman–Crippen LogP) is 4.02. The Morgan fingerprint density at radius 2 is 1.89 bits per heavy atom. The minimum absolute atomic E-state index is 0.00632. The molecule has 2 atom stereocenters. The molecule has 0 saturated heterocycles. The van der Waals surface area contributed by atoms with E-state index in [4.69, 9.17) is 13.9 Å². The largest absolute Gasteiger partial charge is 0.493 e. The van der Waals surface area contributed by atoms with Gasteiger partial charge < -0.3 is 18.8 Å². The van der Waals surface area contributed by atoms with Gasteiger partial charge in [-0.15, -0.1) is 0 Å². The van der Waals surface area contributed by atoms with Gasteiger partial charge in [0.25, 0.3) is 0 Å². The van der Waals surface area contributed by atoms with Crippen LogP contribution in [-0.4, -0.2) is 31.6 Å². The summed E-state index contributed by atoms with van der Waals surface area (Å²) in [6.45, 7) is 3.49. The van der Waals surface area contributed by atoms with E-state index in [9.17, 15) is 4.79 Å². The molecule has 2 aromatic rings. The first-order valence-electron chi connectivity index (χ1n) is 9.39. The van der Waals surface area contributed by atoms with Crippen LogP contribution in [0.15, 0.2) is 34.8 Å². The van der Waals surface area contributed by atoms with Gasteiger partial charge in [0, 0.05) is 25.1 Å². The van der Waals surface area contributed by atoms with E-state index in [0.29, 0.717) is 30.7 Å². The summed E-state index contributed by atoms with van der Waals surface area (Å²) in [6, 6.07) is 7.93. The fourth-order valence-electron chi connectivity index (χ4n) is 3.71. The van der Waals surface area contributed by atoms with E-state index in [1.807, 2.05) is 29.2 Å². The molecule has 4 rings (SSSR count). The number of hydrogen-bond acceptors (Lipinski definition) is 4. The lowest BCUT2D eigenvalue weighted by molar-refractivity contribution is -0.126. The number of methoxy groups -OCH3 is 2. The third-order valence-corrected chi connectivity index (χ3v) is 5.54. The minimum atomic E-state index is -0.00632. The summed E-state index contributed by atoms with van der Waals surface area (Å²) in [4.78, 5) is 14.5. The van der Waals surface area contributed by atoms with Gasteiger partial charge in [0.1, 0.15) is 11.5 Å². The molecule has 0 bridgehead atoms. The van der Waals surface area contributed by atoms with Crippen molar-refractivity contribution < 1.29 is 18.7 Å². The van der Waals surface area contributed by atoms with Crippen molar-refractivity contribution in [2.24, 2.45) is 5.92 Å². The summed E-state index contributed by atoms with van der Waals surface area (Å²) < 4.78 is 16.6. The molecule has 1 aromatic heterocycles. The normalized spacial score (nSPS) is 21.2. The first-order valence-corrected chi connectivity index (χ1v) is 9.39. The van der Waals surface area contributed by atoms with Crippen LogP contribution < -0.4 is 9.47 Å². The van der Waals surface area contributed by atoms with Crippen LogP contribution in [0.2, 0.25) is 0 Å². The van der Waals surface area contributed by atoms with Crippen molar-refractivity contribution in [2.75, 3.05) is 20.8 Å². The molecule has 0 radical (unpaired) electrons. The number of benzene rings is 1. The van der Waals surface area contributed by atoms with E-state index in [1.54, 1.807) is 26.4 Å². The molecule has 1 fully saturated rings. The van der Waals surface area contributed by atoms with Crippen molar-refractivity contribution in [1.82, 2.24) is 4.90 Å². The molecule has 1 saturated carbocycles. The van der Waals surface area contributed by atoms with Crippen LogP contribution in [-0.2, 0) is 17.8 Å². The van der Waals surface area contributed by atoms with Crippen LogP contribution in [0.1, 0.15) is 41.9 Å². The predicted molar refractivity (Wildman–Crippen MR) is 103 cm³/mol. The Hall–Kier alpha value is -2.69. The van der Waals surface area contributed by atoms with E-state index in [0.717, 1.165) is 29.3 Å². The van der Waals surface area contributed by atoms with Crippen molar-refractivity contribution in [3.63, 3.8) is 0 Å². The summed E-state index contributed by atoms with van der Waals surface area (Å²) in [5, 5.41) is 0. The number of amides is 1. The third-order valence-electron chi connectivity index (χ3n) is 5.54. The fraction of sp³-hybridized carbons (Fsp3) is 0.409. The summed E-state index contributed by atoms with van der Waals surface area (Å²) >= 11 is 0. The van der Waals surface area contributed by atoms with Gasteiger partial charge in [0.05, 0.1) is 14.2 Å². The molecule has 1 aliphatic carbocycles. The number of hydrogen-bond donors (Lipinski definition) is 0. The molecule has 1 amide bonds. The molecular weight excluding hydrogens is 342 g/mol. The molecule has 1 aromatic carbocycles. The number of rotatable bonds is 5. The second kappa shape index (κ2) is 7.14. The van der Waals surface area contributed by atoms with E-state index in [2.05, 4.69) is 6.92 Å². The molecule has 5 nitrogen and oxygen atoms in total. The van der Waals surface area contributed by atoms with Gasteiger partial charge in [-0.2, -0.15) is 0 Å². The van der Waals surface area contributed by atoms with E-state index in [-0.39, 0.29) is 5.91 Å². The van der Waals surface area contributed by atoms with Gasteiger partial charge in [-0.05, 0) is 60.2 Å². The van der Waals surface area contributed by atoms with Gasteiger partial charge in [0.15, 0.2) is 11.5 Å². The lowest BCUT2D eigenvalue weighted by atomic mass is 9.98. The smallest absolute Gasteiger partial charge is 0.246 e. The lowest BCUT2D eigenvalue weighted by Crippen LogP contribution is -2.34. The van der Waals surface area contributed by atoms with Crippen LogP contribution in [0.25, 0.3) is 6.08 Å². The van der Waals surface area contributed by atoms with E-state index in [1.165, 1.54) is 12.0 Å². The molecular formula is C22H25NO4. The highest BCUT2D eigenvalue weighted by molar-refractivity contribution is 5.91. The van der Waals surface area contributed by atoms with Gasteiger partial charge in [-0.3, -0.25) is 4.79 Å². The monoisotopic (exact) mass is 367 g/mol. The van der Waals surface area contributed by atoms with Crippen LogP contribution in [0.5, 0.6) is 11.5 Å². The van der Waals surface area contributed by atoms with Gasteiger partial charge in [0.2, 0.25) is 5.91 Å². The van der Waals surface area contributed by atoms with Crippen LogP contribution in [0.3, 0.4) is 0 Å². The Kier molecular flexibility index (Phi) is 4.68. The number of carbonyl (C=O) groups is 1. The second-order valence-electron chi connectivity index (χ2n) is 7.38. The molecule has 0 spiro atoms. The maximum absolute atomic E-state index is 12.6. The molecule has 2 unspecified atom stereocenters. The van der Waals surface area contributed by atoms with Crippen molar-refractivity contribution >= 4 is 12.0 Å². The number of nitrogens with zero attached hydrogens (tertiary/aromatic N) is 1. The SMILES string of the molecule is COc1cc2c(cc1OC)CN(C(=O)/C=C/c1ccc(C3CC3C)o1)CC2. The molecule has 2 heterocycles. The first-order chi connectivity index (χ1) is 13.1. The average Bonchev–Trinajstić information content (AvgIpc) is 3.24. The zero-order valence-electron chi connectivity index (χ0n) is 16.0. The van der Waals surface area contributed by atoms with Crippen molar-refractivity contribution in [3.8, 4) is 11.5 Å². The summed E-state index contributed by atoms with van der Waals surface area (Å²) in [5.41, 5.74) is 2.30. The van der Waals surface area contributed by atoms with E-state index < -0.39 is 0 Å². The maximum Gasteiger partial charge on any atom is 0.246 e. The molecule has 5 heteroatoms. The zero-order chi connectivity index (χ0) is 19.0.